The third kappa shape index (κ3) is 2.60. The van der Waals surface area contributed by atoms with Crippen molar-refractivity contribution < 1.29 is 4.74 Å². The fraction of sp³-hybridized carbons (Fsp3) is 1.00. The minimum absolute atomic E-state index is 0.459. The maximum absolute atomic E-state index is 5.94. The monoisotopic (exact) mass is 225 g/mol. The van der Waals surface area contributed by atoms with Crippen LogP contribution >= 0.6 is 0 Å². The third-order valence-electron chi connectivity index (χ3n) is 4.62. The van der Waals surface area contributed by atoms with E-state index in [1.54, 1.807) is 0 Å². The van der Waals surface area contributed by atoms with Crippen LogP contribution < -0.4 is 5.32 Å². The van der Waals surface area contributed by atoms with E-state index < -0.39 is 0 Å². The largest absolute Gasteiger partial charge is 0.376 e. The molecule has 1 saturated heterocycles. The Morgan fingerprint density at radius 2 is 2.00 bits per heavy atom. The lowest BCUT2D eigenvalue weighted by atomic mass is 9.75. The minimum Gasteiger partial charge on any atom is -0.376 e. The molecule has 2 aliphatic rings. The normalized spacial score (nSPS) is 42.2. The van der Waals surface area contributed by atoms with Crippen LogP contribution in [0.15, 0.2) is 0 Å². The maximum atomic E-state index is 5.94. The summed E-state index contributed by atoms with van der Waals surface area (Å²) >= 11 is 0. The van der Waals surface area contributed by atoms with Crippen LogP contribution in [0.3, 0.4) is 0 Å². The van der Waals surface area contributed by atoms with E-state index in [2.05, 4.69) is 26.2 Å². The van der Waals surface area contributed by atoms with E-state index in [1.165, 1.54) is 32.1 Å². The van der Waals surface area contributed by atoms with Gasteiger partial charge in [-0.3, -0.25) is 0 Å². The molecule has 0 radical (unpaired) electrons. The Morgan fingerprint density at radius 1 is 1.19 bits per heavy atom. The van der Waals surface area contributed by atoms with Gasteiger partial charge in [0.1, 0.15) is 0 Å². The van der Waals surface area contributed by atoms with Gasteiger partial charge in [0.25, 0.3) is 0 Å². The zero-order valence-corrected chi connectivity index (χ0v) is 11.0. The molecule has 5 atom stereocenters. The summed E-state index contributed by atoms with van der Waals surface area (Å²) in [6.45, 7) is 5.71. The van der Waals surface area contributed by atoms with Gasteiger partial charge in [0.2, 0.25) is 0 Å². The molecule has 1 aliphatic heterocycles. The molecule has 2 nitrogen and oxygen atoms in total. The summed E-state index contributed by atoms with van der Waals surface area (Å²) in [5.41, 5.74) is 0. The summed E-state index contributed by atoms with van der Waals surface area (Å²) < 4.78 is 5.94. The number of hydrogen-bond donors (Lipinski definition) is 1. The molecule has 2 rings (SSSR count). The van der Waals surface area contributed by atoms with E-state index >= 15 is 0 Å². The Bertz CT molecular complexity index is 219. The van der Waals surface area contributed by atoms with Crippen LogP contribution in [-0.4, -0.2) is 25.8 Å². The summed E-state index contributed by atoms with van der Waals surface area (Å²) in [7, 11) is 2.11. The zero-order valence-electron chi connectivity index (χ0n) is 11.0. The average Bonchev–Trinajstić information content (AvgIpc) is 2.67. The Labute approximate surface area is 100 Å². The van der Waals surface area contributed by atoms with Gasteiger partial charge in [0, 0.05) is 12.6 Å². The highest BCUT2D eigenvalue weighted by molar-refractivity contribution is 4.90. The average molecular weight is 225 g/mol. The lowest BCUT2D eigenvalue weighted by Gasteiger charge is -2.37. The SMILES string of the molecule is CNC(C1CCCC(C)C1)C1OCCC1C. The van der Waals surface area contributed by atoms with Crippen molar-refractivity contribution in [3.05, 3.63) is 0 Å². The van der Waals surface area contributed by atoms with Crippen LogP contribution in [0, 0.1) is 17.8 Å². The van der Waals surface area contributed by atoms with Crippen LogP contribution in [0.5, 0.6) is 0 Å². The summed E-state index contributed by atoms with van der Waals surface area (Å²) in [6, 6.07) is 0.584. The first-order chi connectivity index (χ1) is 7.72. The molecule has 1 N–H and O–H groups in total. The van der Waals surface area contributed by atoms with Crippen molar-refractivity contribution in [1.82, 2.24) is 5.32 Å². The molecule has 1 heterocycles. The molecule has 2 fully saturated rings. The smallest absolute Gasteiger partial charge is 0.0756 e. The highest BCUT2D eigenvalue weighted by Crippen LogP contribution is 2.35. The first-order valence-corrected chi connectivity index (χ1v) is 7.01. The van der Waals surface area contributed by atoms with Gasteiger partial charge in [0.05, 0.1) is 6.10 Å². The molecule has 5 unspecified atom stereocenters. The molecule has 0 aromatic rings. The summed E-state index contributed by atoms with van der Waals surface area (Å²) in [5, 5.41) is 3.54. The molecule has 0 bridgehead atoms. The molecule has 0 aromatic heterocycles. The van der Waals surface area contributed by atoms with E-state index in [4.69, 9.17) is 4.74 Å². The Hall–Kier alpha value is -0.0800. The van der Waals surface area contributed by atoms with Crippen LogP contribution in [0.2, 0.25) is 0 Å². The van der Waals surface area contributed by atoms with Gasteiger partial charge in [-0.15, -0.1) is 0 Å². The van der Waals surface area contributed by atoms with E-state index in [1.807, 2.05) is 0 Å². The number of ether oxygens (including phenoxy) is 1. The molecule has 0 aromatic carbocycles. The second-order valence-corrected chi connectivity index (χ2v) is 5.95. The predicted octanol–water partition coefficient (Wildman–Crippen LogP) is 2.83. The standard InChI is InChI=1S/C14H27NO/c1-10-5-4-6-12(9-10)13(15-3)14-11(2)7-8-16-14/h10-15H,4-9H2,1-3H3. The van der Waals surface area contributed by atoms with Gasteiger partial charge in [-0.25, -0.2) is 0 Å². The minimum atomic E-state index is 0.459. The fourth-order valence-electron chi connectivity index (χ4n) is 3.65. The molecule has 1 aliphatic carbocycles. The molecule has 0 spiro atoms. The second-order valence-electron chi connectivity index (χ2n) is 5.95. The fourth-order valence-corrected chi connectivity index (χ4v) is 3.65. The molecule has 0 amide bonds. The highest BCUT2D eigenvalue weighted by atomic mass is 16.5. The van der Waals surface area contributed by atoms with Gasteiger partial charge < -0.3 is 10.1 Å². The van der Waals surface area contributed by atoms with Crippen LogP contribution in [0.25, 0.3) is 0 Å². The predicted molar refractivity (Wildman–Crippen MR) is 67.5 cm³/mol. The third-order valence-corrected chi connectivity index (χ3v) is 4.62. The van der Waals surface area contributed by atoms with Crippen LogP contribution in [0.1, 0.15) is 46.0 Å². The lowest BCUT2D eigenvalue weighted by Crippen LogP contribution is -2.47. The van der Waals surface area contributed by atoms with Crippen molar-refractivity contribution in [2.24, 2.45) is 17.8 Å². The quantitative estimate of drug-likeness (QED) is 0.797. The molecular formula is C14H27NO. The number of rotatable bonds is 3. The van der Waals surface area contributed by atoms with Gasteiger partial charge >= 0.3 is 0 Å². The lowest BCUT2D eigenvalue weighted by molar-refractivity contribution is 0.0317. The Balaban J connectivity index is 1.97. The highest BCUT2D eigenvalue weighted by Gasteiger charge is 2.37. The molecule has 16 heavy (non-hydrogen) atoms. The first kappa shape index (κ1) is 12.4. The molecule has 2 heteroatoms. The summed E-state index contributed by atoms with van der Waals surface area (Å²) in [6.07, 6.45) is 7.31. The molecule has 94 valence electrons. The van der Waals surface area contributed by atoms with E-state index in [0.29, 0.717) is 12.1 Å². The zero-order chi connectivity index (χ0) is 11.5. The topological polar surface area (TPSA) is 21.3 Å². The summed E-state index contributed by atoms with van der Waals surface area (Å²) in [4.78, 5) is 0. The maximum Gasteiger partial charge on any atom is 0.0756 e. The first-order valence-electron chi connectivity index (χ1n) is 7.01. The molecule has 1 saturated carbocycles. The van der Waals surface area contributed by atoms with Crippen molar-refractivity contribution in [3.63, 3.8) is 0 Å². The van der Waals surface area contributed by atoms with E-state index in [-0.39, 0.29) is 0 Å². The van der Waals surface area contributed by atoms with Crippen LogP contribution in [0.4, 0.5) is 0 Å². The van der Waals surface area contributed by atoms with Crippen molar-refractivity contribution in [2.75, 3.05) is 13.7 Å². The number of nitrogens with one attached hydrogen (secondary N) is 1. The van der Waals surface area contributed by atoms with Gasteiger partial charge in [-0.2, -0.15) is 0 Å². The van der Waals surface area contributed by atoms with E-state index in [9.17, 15) is 0 Å². The van der Waals surface area contributed by atoms with Crippen molar-refractivity contribution in [1.29, 1.82) is 0 Å². The van der Waals surface area contributed by atoms with Gasteiger partial charge in [-0.05, 0) is 44.1 Å². The van der Waals surface area contributed by atoms with Crippen LogP contribution in [-0.2, 0) is 4.74 Å². The molecular weight excluding hydrogens is 198 g/mol. The number of hydrogen-bond acceptors (Lipinski definition) is 2. The van der Waals surface area contributed by atoms with E-state index in [0.717, 1.165) is 24.4 Å². The van der Waals surface area contributed by atoms with Crippen molar-refractivity contribution in [2.45, 2.75) is 58.1 Å². The second kappa shape index (κ2) is 5.50. The van der Waals surface area contributed by atoms with Gasteiger partial charge in [-0.1, -0.05) is 26.7 Å². The van der Waals surface area contributed by atoms with Crippen molar-refractivity contribution >= 4 is 0 Å². The number of likely N-dealkylation sites (N-methyl/N-ethyl adjacent to an activating group) is 1. The summed E-state index contributed by atoms with van der Waals surface area (Å²) in [5.74, 6) is 2.47. The Kier molecular flexibility index (Phi) is 4.26. The van der Waals surface area contributed by atoms with Crippen molar-refractivity contribution in [3.8, 4) is 0 Å². The Morgan fingerprint density at radius 3 is 2.56 bits per heavy atom. The van der Waals surface area contributed by atoms with Gasteiger partial charge in [0.15, 0.2) is 0 Å².